The Balaban J connectivity index is 1.52. The van der Waals surface area contributed by atoms with Gasteiger partial charge in [0.25, 0.3) is 0 Å². The van der Waals surface area contributed by atoms with Gasteiger partial charge >= 0.3 is 0 Å². The summed E-state index contributed by atoms with van der Waals surface area (Å²) in [7, 11) is 0. The van der Waals surface area contributed by atoms with E-state index in [0.717, 1.165) is 48.8 Å². The Labute approximate surface area is 215 Å². The monoisotopic (exact) mass is 479 g/mol. The molecule has 0 fully saturated rings. The van der Waals surface area contributed by atoms with Gasteiger partial charge < -0.3 is 9.47 Å². The summed E-state index contributed by atoms with van der Waals surface area (Å²) in [4.78, 5) is 4.58. The molecule has 35 heavy (non-hydrogen) atoms. The Kier molecular flexibility index (Phi) is 16.5. The van der Waals surface area contributed by atoms with E-state index in [9.17, 15) is 0 Å². The van der Waals surface area contributed by atoms with Gasteiger partial charge in [-0.05, 0) is 66.9 Å². The number of hydrogen-bond donors (Lipinski definition) is 0. The minimum atomic E-state index is 0.787. The molecule has 3 nitrogen and oxygen atoms in total. The van der Waals surface area contributed by atoms with E-state index in [0.29, 0.717) is 0 Å². The maximum absolute atomic E-state index is 5.91. The quantitative estimate of drug-likeness (QED) is 0.132. The zero-order valence-electron chi connectivity index (χ0n) is 22.5. The van der Waals surface area contributed by atoms with Crippen LogP contribution in [0.25, 0.3) is 0 Å². The highest BCUT2D eigenvalue weighted by Crippen LogP contribution is 2.19. The molecule has 0 aromatic heterocycles. The van der Waals surface area contributed by atoms with Crippen molar-refractivity contribution in [1.82, 2.24) is 0 Å². The molecular weight excluding hydrogens is 430 g/mol. The third-order valence-corrected chi connectivity index (χ3v) is 6.36. The van der Waals surface area contributed by atoms with Crippen LogP contribution >= 0.6 is 0 Å². The van der Waals surface area contributed by atoms with E-state index in [1.165, 1.54) is 83.5 Å². The van der Waals surface area contributed by atoms with Crippen LogP contribution in [0.15, 0.2) is 53.5 Å². The molecule has 0 aliphatic carbocycles. The second-order valence-electron chi connectivity index (χ2n) is 9.61. The fourth-order valence-electron chi connectivity index (χ4n) is 4.10. The molecule has 0 atom stereocenters. The lowest BCUT2D eigenvalue weighted by molar-refractivity contribution is 0.304. The maximum atomic E-state index is 5.91. The number of aliphatic imine (C=N–C) groups is 1. The molecule has 0 aliphatic rings. The smallest absolute Gasteiger partial charge is 0.119 e. The first-order chi connectivity index (χ1) is 17.3. The zero-order chi connectivity index (χ0) is 24.8. The number of rotatable bonds is 21. The summed E-state index contributed by atoms with van der Waals surface area (Å²) in [6.45, 7) is 6.07. The Morgan fingerprint density at radius 1 is 0.514 bits per heavy atom. The Morgan fingerprint density at radius 2 is 0.914 bits per heavy atom. The van der Waals surface area contributed by atoms with Crippen LogP contribution in [0, 0.1) is 0 Å². The lowest BCUT2D eigenvalue weighted by Gasteiger charge is -2.07. The normalized spacial score (nSPS) is 11.3. The number of hydrogen-bond acceptors (Lipinski definition) is 3. The van der Waals surface area contributed by atoms with Crippen molar-refractivity contribution in [3.05, 3.63) is 54.1 Å². The van der Waals surface area contributed by atoms with Crippen LogP contribution in [0.4, 0.5) is 5.69 Å². The summed E-state index contributed by atoms with van der Waals surface area (Å²) in [5.74, 6) is 1.85. The van der Waals surface area contributed by atoms with E-state index in [1.807, 2.05) is 54.7 Å². The van der Waals surface area contributed by atoms with E-state index in [-0.39, 0.29) is 0 Å². The molecule has 0 heterocycles. The van der Waals surface area contributed by atoms with Crippen molar-refractivity contribution < 1.29 is 9.47 Å². The van der Waals surface area contributed by atoms with Crippen molar-refractivity contribution in [3.8, 4) is 11.5 Å². The van der Waals surface area contributed by atoms with Crippen molar-refractivity contribution in [2.24, 2.45) is 4.99 Å². The fraction of sp³-hybridized carbons (Fsp3) is 0.594. The Morgan fingerprint density at radius 3 is 1.43 bits per heavy atom. The molecule has 0 spiro atoms. The van der Waals surface area contributed by atoms with Gasteiger partial charge in [0.05, 0.1) is 18.9 Å². The SMILES string of the molecule is CCCCCCCCCCCCCCOc1ccc(N=Cc2ccc(OCCCCC)cc2)cc1. The summed E-state index contributed by atoms with van der Waals surface area (Å²) in [6, 6.07) is 16.2. The van der Waals surface area contributed by atoms with Crippen LogP contribution in [-0.2, 0) is 0 Å². The lowest BCUT2D eigenvalue weighted by Crippen LogP contribution is -1.97. The Hall–Kier alpha value is -2.29. The average Bonchev–Trinajstić information content (AvgIpc) is 2.89. The molecule has 0 saturated carbocycles. The molecule has 0 N–H and O–H groups in total. The van der Waals surface area contributed by atoms with Crippen LogP contribution in [0.2, 0.25) is 0 Å². The van der Waals surface area contributed by atoms with E-state index < -0.39 is 0 Å². The topological polar surface area (TPSA) is 30.8 Å². The molecule has 194 valence electrons. The van der Waals surface area contributed by atoms with E-state index in [1.54, 1.807) is 0 Å². The minimum absolute atomic E-state index is 0.787. The Bertz CT molecular complexity index is 767. The van der Waals surface area contributed by atoms with Crippen LogP contribution in [0.1, 0.15) is 116 Å². The van der Waals surface area contributed by atoms with E-state index in [2.05, 4.69) is 18.8 Å². The van der Waals surface area contributed by atoms with Gasteiger partial charge in [-0.3, -0.25) is 4.99 Å². The van der Waals surface area contributed by atoms with Crippen molar-refractivity contribution in [2.45, 2.75) is 110 Å². The highest BCUT2D eigenvalue weighted by molar-refractivity contribution is 5.82. The molecule has 3 heteroatoms. The van der Waals surface area contributed by atoms with Crippen LogP contribution < -0.4 is 9.47 Å². The molecule has 0 saturated heterocycles. The second kappa shape index (κ2) is 20.0. The number of unbranched alkanes of at least 4 members (excludes halogenated alkanes) is 13. The van der Waals surface area contributed by atoms with Crippen LogP contribution in [0.3, 0.4) is 0 Å². The van der Waals surface area contributed by atoms with Crippen molar-refractivity contribution in [2.75, 3.05) is 13.2 Å². The fourth-order valence-corrected chi connectivity index (χ4v) is 4.10. The first kappa shape index (κ1) is 28.9. The van der Waals surface area contributed by atoms with Gasteiger partial charge in [-0.2, -0.15) is 0 Å². The highest BCUT2D eigenvalue weighted by Gasteiger charge is 1.98. The molecule has 2 aromatic rings. The van der Waals surface area contributed by atoms with Crippen LogP contribution in [-0.4, -0.2) is 19.4 Å². The van der Waals surface area contributed by atoms with Gasteiger partial charge in [-0.15, -0.1) is 0 Å². The lowest BCUT2D eigenvalue weighted by atomic mass is 10.1. The van der Waals surface area contributed by atoms with Crippen molar-refractivity contribution in [3.63, 3.8) is 0 Å². The third-order valence-electron chi connectivity index (χ3n) is 6.36. The molecule has 2 rings (SSSR count). The first-order valence-electron chi connectivity index (χ1n) is 14.3. The molecule has 0 aliphatic heterocycles. The molecule has 2 aromatic carbocycles. The summed E-state index contributed by atoms with van der Waals surface area (Å²) < 4.78 is 11.7. The van der Waals surface area contributed by atoms with E-state index in [4.69, 9.17) is 9.47 Å². The molecule has 0 unspecified atom stereocenters. The number of ether oxygens (including phenoxy) is 2. The molecule has 0 bridgehead atoms. The maximum Gasteiger partial charge on any atom is 0.119 e. The van der Waals surface area contributed by atoms with E-state index >= 15 is 0 Å². The molecule has 0 amide bonds. The predicted octanol–water partition coefficient (Wildman–Crippen LogP) is 10.1. The van der Waals surface area contributed by atoms with Crippen molar-refractivity contribution in [1.29, 1.82) is 0 Å². The number of nitrogens with zero attached hydrogens (tertiary/aromatic N) is 1. The molecule has 0 radical (unpaired) electrons. The average molecular weight is 480 g/mol. The van der Waals surface area contributed by atoms with Gasteiger partial charge in [0.2, 0.25) is 0 Å². The summed E-state index contributed by atoms with van der Waals surface area (Å²) >= 11 is 0. The van der Waals surface area contributed by atoms with Gasteiger partial charge in [-0.25, -0.2) is 0 Å². The van der Waals surface area contributed by atoms with Gasteiger partial charge in [-0.1, -0.05) is 97.3 Å². The van der Waals surface area contributed by atoms with Crippen LogP contribution in [0.5, 0.6) is 11.5 Å². The third kappa shape index (κ3) is 14.7. The molecular formula is C32H49NO2. The standard InChI is InChI=1S/C32H49NO2/c1-3-5-7-8-9-10-11-12-13-14-15-17-27-35-32-24-20-30(21-25-32)33-28-29-18-22-31(23-19-29)34-26-16-6-4-2/h18-25,28H,3-17,26-27H2,1-2H3. The predicted molar refractivity (Wildman–Crippen MR) is 152 cm³/mol. The minimum Gasteiger partial charge on any atom is -0.494 e. The second-order valence-corrected chi connectivity index (χ2v) is 9.61. The largest absolute Gasteiger partial charge is 0.494 e. The van der Waals surface area contributed by atoms with Gasteiger partial charge in [0.15, 0.2) is 0 Å². The summed E-state index contributed by atoms with van der Waals surface area (Å²) in [5.41, 5.74) is 2.00. The van der Waals surface area contributed by atoms with Crippen molar-refractivity contribution >= 4 is 11.9 Å². The number of benzene rings is 2. The first-order valence-corrected chi connectivity index (χ1v) is 14.3. The van der Waals surface area contributed by atoms with Gasteiger partial charge in [0, 0.05) is 6.21 Å². The highest BCUT2D eigenvalue weighted by atomic mass is 16.5. The summed E-state index contributed by atoms with van der Waals surface area (Å²) in [5, 5.41) is 0. The van der Waals surface area contributed by atoms with Gasteiger partial charge in [0.1, 0.15) is 11.5 Å². The zero-order valence-corrected chi connectivity index (χ0v) is 22.5. The summed E-state index contributed by atoms with van der Waals surface area (Å²) in [6.07, 6.45) is 21.8.